The molecule has 0 radical (unpaired) electrons. The maximum atomic E-state index is 5.06. The number of hydrogen-bond donors (Lipinski definition) is 1. The highest BCUT2D eigenvalue weighted by molar-refractivity contribution is 5.83. The Hall–Kier alpha value is -1.58. The van der Waals surface area contributed by atoms with Crippen molar-refractivity contribution in [3.05, 3.63) is 48.2 Å². The van der Waals surface area contributed by atoms with E-state index < -0.39 is 0 Å². The van der Waals surface area contributed by atoms with Crippen LogP contribution in [0, 0.1) is 0 Å². The third-order valence-electron chi connectivity index (χ3n) is 3.45. The zero-order valence-corrected chi connectivity index (χ0v) is 12.5. The van der Waals surface area contributed by atoms with Crippen LogP contribution in [0.4, 0.5) is 0 Å². The number of fused-ring (bicyclic) bond motifs is 1. The quantitative estimate of drug-likeness (QED) is 0.589. The van der Waals surface area contributed by atoms with Gasteiger partial charge in [-0.25, -0.2) is 0 Å². The molecule has 2 rings (SSSR count). The molecule has 0 spiro atoms. The summed E-state index contributed by atoms with van der Waals surface area (Å²) in [5.74, 6) is 0. The molecule has 1 heterocycles. The highest BCUT2D eigenvalue weighted by Gasteiger charge is 2.06. The predicted octanol–water partition coefficient (Wildman–Crippen LogP) is 3.34. The Kier molecular flexibility index (Phi) is 5.39. The predicted molar refractivity (Wildman–Crippen MR) is 85.0 cm³/mol. The van der Waals surface area contributed by atoms with Gasteiger partial charge in [-0.05, 0) is 30.4 Å². The smallest absolute Gasteiger partial charge is 0.0587 e. The third kappa shape index (κ3) is 3.71. The molecule has 1 aromatic carbocycles. The average molecular weight is 272 g/mol. The Labute approximate surface area is 121 Å². The van der Waals surface area contributed by atoms with E-state index in [-0.39, 0.29) is 0 Å². The topological polar surface area (TPSA) is 26.2 Å². The monoisotopic (exact) mass is 272 g/mol. The maximum absolute atomic E-state index is 5.06. The minimum Gasteiger partial charge on any atom is -0.383 e. The fourth-order valence-corrected chi connectivity index (χ4v) is 2.38. The van der Waals surface area contributed by atoms with E-state index in [0.717, 1.165) is 32.7 Å². The third-order valence-corrected chi connectivity index (χ3v) is 3.45. The van der Waals surface area contributed by atoms with Crippen LogP contribution >= 0.6 is 0 Å². The van der Waals surface area contributed by atoms with E-state index in [1.807, 2.05) is 0 Å². The molecule has 0 aliphatic heterocycles. The molecule has 0 bridgehead atoms. The molecule has 1 aromatic heterocycles. The summed E-state index contributed by atoms with van der Waals surface area (Å²) in [5.41, 5.74) is 3.89. The van der Waals surface area contributed by atoms with E-state index in [2.05, 4.69) is 53.8 Å². The SMILES string of the molecule is C=C(C)CCn1ccc2cccc(CNCCOC)c21. The van der Waals surface area contributed by atoms with Crippen LogP contribution in [0.2, 0.25) is 0 Å². The number of allylic oxidation sites excluding steroid dienone is 1. The first-order valence-electron chi connectivity index (χ1n) is 7.13. The molecule has 108 valence electrons. The van der Waals surface area contributed by atoms with Crippen molar-refractivity contribution in [1.29, 1.82) is 0 Å². The van der Waals surface area contributed by atoms with Crippen molar-refractivity contribution < 1.29 is 4.74 Å². The van der Waals surface area contributed by atoms with Crippen LogP contribution in [0.1, 0.15) is 18.9 Å². The number of ether oxygens (including phenoxy) is 1. The second kappa shape index (κ2) is 7.27. The number of nitrogens with one attached hydrogen (secondary N) is 1. The van der Waals surface area contributed by atoms with Crippen molar-refractivity contribution in [3.8, 4) is 0 Å². The summed E-state index contributed by atoms with van der Waals surface area (Å²) in [4.78, 5) is 0. The van der Waals surface area contributed by atoms with Crippen molar-refractivity contribution in [3.63, 3.8) is 0 Å². The van der Waals surface area contributed by atoms with E-state index in [1.54, 1.807) is 7.11 Å². The summed E-state index contributed by atoms with van der Waals surface area (Å²) in [6.45, 7) is 9.55. The van der Waals surface area contributed by atoms with E-state index in [4.69, 9.17) is 4.74 Å². The molecule has 0 unspecified atom stereocenters. The molecule has 3 nitrogen and oxygen atoms in total. The molecule has 0 amide bonds. The van der Waals surface area contributed by atoms with Crippen molar-refractivity contribution in [2.45, 2.75) is 26.4 Å². The molecule has 3 heteroatoms. The summed E-state index contributed by atoms with van der Waals surface area (Å²) >= 11 is 0. The fourth-order valence-electron chi connectivity index (χ4n) is 2.38. The van der Waals surface area contributed by atoms with Crippen molar-refractivity contribution >= 4 is 10.9 Å². The zero-order chi connectivity index (χ0) is 14.4. The summed E-state index contributed by atoms with van der Waals surface area (Å²) in [6.07, 6.45) is 3.20. The number of methoxy groups -OCH3 is 1. The van der Waals surface area contributed by atoms with Crippen LogP contribution in [-0.2, 0) is 17.8 Å². The zero-order valence-electron chi connectivity index (χ0n) is 12.5. The molecule has 2 aromatic rings. The Bertz CT molecular complexity index is 571. The number of rotatable bonds is 8. The van der Waals surface area contributed by atoms with Crippen LogP contribution in [0.5, 0.6) is 0 Å². The van der Waals surface area contributed by atoms with Gasteiger partial charge in [-0.3, -0.25) is 0 Å². The first kappa shape index (κ1) is 14.8. The number of nitrogens with zero attached hydrogens (tertiary/aromatic N) is 1. The number of aromatic nitrogens is 1. The van der Waals surface area contributed by atoms with Gasteiger partial charge in [0.25, 0.3) is 0 Å². The van der Waals surface area contributed by atoms with Crippen LogP contribution in [0.25, 0.3) is 10.9 Å². The van der Waals surface area contributed by atoms with Crippen LogP contribution in [-0.4, -0.2) is 24.8 Å². The normalized spacial score (nSPS) is 11.1. The van der Waals surface area contributed by atoms with Gasteiger partial charge in [-0.15, -0.1) is 6.58 Å². The van der Waals surface area contributed by atoms with Gasteiger partial charge < -0.3 is 14.6 Å². The number of aryl methyl sites for hydroxylation is 1. The van der Waals surface area contributed by atoms with Crippen LogP contribution < -0.4 is 5.32 Å². The van der Waals surface area contributed by atoms with Gasteiger partial charge >= 0.3 is 0 Å². The number of hydrogen-bond acceptors (Lipinski definition) is 2. The Morgan fingerprint density at radius 3 is 2.95 bits per heavy atom. The van der Waals surface area contributed by atoms with Crippen LogP contribution in [0.3, 0.4) is 0 Å². The Morgan fingerprint density at radius 2 is 2.20 bits per heavy atom. The van der Waals surface area contributed by atoms with Gasteiger partial charge in [0.1, 0.15) is 0 Å². The molecule has 0 saturated heterocycles. The van der Waals surface area contributed by atoms with E-state index in [0.29, 0.717) is 0 Å². The highest BCUT2D eigenvalue weighted by Crippen LogP contribution is 2.21. The standard InChI is InChI=1S/C17H24N2O/c1-14(2)7-10-19-11-8-15-5-4-6-16(17(15)19)13-18-9-12-20-3/h4-6,8,11,18H,1,7,9-10,12-13H2,2-3H3. The van der Waals surface area contributed by atoms with E-state index >= 15 is 0 Å². The lowest BCUT2D eigenvalue weighted by molar-refractivity contribution is 0.199. The minimum atomic E-state index is 0.743. The molecule has 0 aliphatic carbocycles. The van der Waals surface area contributed by atoms with Gasteiger partial charge in [0.05, 0.1) is 12.1 Å². The summed E-state index contributed by atoms with van der Waals surface area (Å²) in [5, 5.41) is 4.72. The first-order valence-corrected chi connectivity index (χ1v) is 7.13. The lowest BCUT2D eigenvalue weighted by Crippen LogP contribution is -2.19. The van der Waals surface area contributed by atoms with Crippen molar-refractivity contribution in [2.75, 3.05) is 20.3 Å². The van der Waals surface area contributed by atoms with Gasteiger partial charge in [0.15, 0.2) is 0 Å². The number of para-hydroxylation sites is 1. The average Bonchev–Trinajstić information content (AvgIpc) is 2.85. The minimum absolute atomic E-state index is 0.743. The van der Waals surface area contributed by atoms with Crippen molar-refractivity contribution in [2.24, 2.45) is 0 Å². The Balaban J connectivity index is 2.15. The fraction of sp³-hybridized carbons (Fsp3) is 0.412. The largest absolute Gasteiger partial charge is 0.383 e. The van der Waals surface area contributed by atoms with Crippen LogP contribution in [0.15, 0.2) is 42.6 Å². The number of benzene rings is 1. The first-order chi connectivity index (χ1) is 9.72. The van der Waals surface area contributed by atoms with E-state index in [1.165, 1.54) is 22.0 Å². The summed E-state index contributed by atoms with van der Waals surface area (Å²) < 4.78 is 7.39. The lowest BCUT2D eigenvalue weighted by atomic mass is 10.1. The lowest BCUT2D eigenvalue weighted by Gasteiger charge is -2.11. The molecule has 1 N–H and O–H groups in total. The maximum Gasteiger partial charge on any atom is 0.0587 e. The molecule has 0 saturated carbocycles. The van der Waals surface area contributed by atoms with Crippen molar-refractivity contribution in [1.82, 2.24) is 9.88 Å². The molecule has 0 atom stereocenters. The molecular formula is C17H24N2O. The van der Waals surface area contributed by atoms with Gasteiger partial charge in [0, 0.05) is 32.9 Å². The Morgan fingerprint density at radius 1 is 1.35 bits per heavy atom. The second-order valence-corrected chi connectivity index (χ2v) is 5.24. The molecular weight excluding hydrogens is 248 g/mol. The van der Waals surface area contributed by atoms with Gasteiger partial charge in [-0.1, -0.05) is 23.8 Å². The second-order valence-electron chi connectivity index (χ2n) is 5.24. The van der Waals surface area contributed by atoms with Gasteiger partial charge in [0.2, 0.25) is 0 Å². The van der Waals surface area contributed by atoms with Gasteiger partial charge in [-0.2, -0.15) is 0 Å². The molecule has 0 aliphatic rings. The molecule has 20 heavy (non-hydrogen) atoms. The highest BCUT2D eigenvalue weighted by atomic mass is 16.5. The summed E-state index contributed by atoms with van der Waals surface area (Å²) in [7, 11) is 1.73. The molecule has 0 fully saturated rings. The van der Waals surface area contributed by atoms with E-state index in [9.17, 15) is 0 Å². The summed E-state index contributed by atoms with van der Waals surface area (Å²) in [6, 6.07) is 8.68.